The van der Waals surface area contributed by atoms with E-state index in [2.05, 4.69) is 5.32 Å². The van der Waals surface area contributed by atoms with Crippen LogP contribution in [0.5, 0.6) is 5.75 Å². The minimum atomic E-state index is -0.573. The van der Waals surface area contributed by atoms with Crippen LogP contribution >= 0.6 is 0 Å². The summed E-state index contributed by atoms with van der Waals surface area (Å²) in [6.07, 6.45) is 5.31. The Balaban J connectivity index is 1.64. The number of rotatable bonds is 6. The van der Waals surface area contributed by atoms with Gasteiger partial charge >= 0.3 is 0 Å². The van der Waals surface area contributed by atoms with E-state index >= 15 is 0 Å². The van der Waals surface area contributed by atoms with Gasteiger partial charge in [-0.15, -0.1) is 0 Å². The van der Waals surface area contributed by atoms with Gasteiger partial charge in [0.1, 0.15) is 0 Å². The lowest BCUT2D eigenvalue weighted by Crippen LogP contribution is -2.22. The lowest BCUT2D eigenvalue weighted by molar-refractivity contribution is 0.0602. The van der Waals surface area contributed by atoms with E-state index in [1.807, 2.05) is 0 Å². The Kier molecular flexibility index (Phi) is 4.96. The fourth-order valence-electron chi connectivity index (χ4n) is 2.28. The Labute approximate surface area is 107 Å². The van der Waals surface area contributed by atoms with E-state index < -0.39 is 5.82 Å². The molecule has 0 unspecified atom stereocenters. The normalized spacial score (nSPS) is 16.3. The maximum atomic E-state index is 13.1. The van der Waals surface area contributed by atoms with E-state index in [0.717, 1.165) is 0 Å². The van der Waals surface area contributed by atoms with E-state index in [-0.39, 0.29) is 5.75 Å². The molecule has 1 aliphatic rings. The number of benzene rings is 1. The predicted octanol–water partition coefficient (Wildman–Crippen LogP) is 2.58. The Hall–Kier alpha value is -1.13. The minimum Gasteiger partial charge on any atom is -0.505 e. The maximum absolute atomic E-state index is 13.1. The first-order valence-corrected chi connectivity index (χ1v) is 6.56. The van der Waals surface area contributed by atoms with Crippen molar-refractivity contribution in [1.82, 2.24) is 5.32 Å². The molecule has 0 aromatic heterocycles. The summed E-state index contributed by atoms with van der Waals surface area (Å²) in [5, 5.41) is 12.6. The quantitative estimate of drug-likeness (QED) is 0.766. The summed E-state index contributed by atoms with van der Waals surface area (Å²) < 4.78 is 18.8. The largest absolute Gasteiger partial charge is 0.505 e. The van der Waals surface area contributed by atoms with Crippen LogP contribution in [0, 0.1) is 5.82 Å². The Morgan fingerprint density at radius 2 is 2.11 bits per heavy atom. The van der Waals surface area contributed by atoms with Crippen molar-refractivity contribution in [3.63, 3.8) is 0 Å². The first-order chi connectivity index (χ1) is 8.77. The highest BCUT2D eigenvalue weighted by atomic mass is 19.1. The molecule has 0 amide bonds. The predicted molar refractivity (Wildman–Crippen MR) is 68.0 cm³/mol. The molecule has 18 heavy (non-hydrogen) atoms. The zero-order valence-corrected chi connectivity index (χ0v) is 10.5. The van der Waals surface area contributed by atoms with Crippen LogP contribution in [0.4, 0.5) is 4.39 Å². The van der Waals surface area contributed by atoms with Crippen molar-refractivity contribution in [2.75, 3.05) is 13.2 Å². The number of hydrogen-bond acceptors (Lipinski definition) is 3. The average molecular weight is 253 g/mol. The fourth-order valence-corrected chi connectivity index (χ4v) is 2.28. The Morgan fingerprint density at radius 3 is 2.89 bits per heavy atom. The zero-order chi connectivity index (χ0) is 12.8. The van der Waals surface area contributed by atoms with Crippen LogP contribution in [-0.2, 0) is 11.3 Å². The molecule has 1 aromatic carbocycles. The first kappa shape index (κ1) is 13.3. The lowest BCUT2D eigenvalue weighted by atomic mass is 10.2. The number of ether oxygens (including phenoxy) is 1. The van der Waals surface area contributed by atoms with Crippen molar-refractivity contribution in [2.45, 2.75) is 38.3 Å². The molecule has 100 valence electrons. The van der Waals surface area contributed by atoms with Crippen molar-refractivity contribution >= 4 is 0 Å². The number of para-hydroxylation sites is 1. The number of aromatic hydroxyl groups is 1. The monoisotopic (exact) mass is 253 g/mol. The molecule has 1 aliphatic carbocycles. The van der Waals surface area contributed by atoms with Gasteiger partial charge in [-0.25, -0.2) is 4.39 Å². The summed E-state index contributed by atoms with van der Waals surface area (Å²) >= 11 is 0. The molecule has 3 nitrogen and oxygen atoms in total. The van der Waals surface area contributed by atoms with E-state index in [1.165, 1.54) is 31.7 Å². The van der Waals surface area contributed by atoms with Crippen molar-refractivity contribution < 1.29 is 14.2 Å². The smallest absolute Gasteiger partial charge is 0.165 e. The Bertz CT molecular complexity index is 378. The van der Waals surface area contributed by atoms with Gasteiger partial charge < -0.3 is 15.2 Å². The van der Waals surface area contributed by atoms with E-state index in [4.69, 9.17) is 4.74 Å². The van der Waals surface area contributed by atoms with Gasteiger partial charge in [0.2, 0.25) is 0 Å². The van der Waals surface area contributed by atoms with Gasteiger partial charge in [-0.05, 0) is 18.9 Å². The molecule has 0 saturated heterocycles. The van der Waals surface area contributed by atoms with Crippen LogP contribution in [0.3, 0.4) is 0 Å². The van der Waals surface area contributed by atoms with Gasteiger partial charge in [0, 0.05) is 18.7 Å². The average Bonchev–Trinajstić information content (AvgIpc) is 2.87. The SMILES string of the molecule is Oc1c(F)cccc1CNCCOC1CCCC1. The number of phenols is 1. The molecule has 0 spiro atoms. The van der Waals surface area contributed by atoms with Crippen LogP contribution in [0.1, 0.15) is 31.2 Å². The standard InChI is InChI=1S/C14H20FNO2/c15-13-7-3-4-11(14(13)17)10-16-8-9-18-12-5-1-2-6-12/h3-4,7,12,16-17H,1-2,5-6,8-10H2. The van der Waals surface area contributed by atoms with Crippen molar-refractivity contribution in [3.8, 4) is 5.75 Å². The molecule has 2 rings (SSSR count). The summed E-state index contributed by atoms with van der Waals surface area (Å²) in [5.74, 6) is -0.835. The van der Waals surface area contributed by atoms with Crippen molar-refractivity contribution in [2.24, 2.45) is 0 Å². The molecule has 0 aliphatic heterocycles. The van der Waals surface area contributed by atoms with E-state index in [9.17, 15) is 9.50 Å². The second-order valence-corrected chi connectivity index (χ2v) is 4.70. The Morgan fingerprint density at radius 1 is 1.33 bits per heavy atom. The third-order valence-electron chi connectivity index (χ3n) is 3.32. The molecule has 0 heterocycles. The highest BCUT2D eigenvalue weighted by Crippen LogP contribution is 2.21. The molecule has 0 bridgehead atoms. The van der Waals surface area contributed by atoms with E-state index in [1.54, 1.807) is 12.1 Å². The molecule has 1 fully saturated rings. The third-order valence-corrected chi connectivity index (χ3v) is 3.32. The summed E-state index contributed by atoms with van der Waals surface area (Å²) in [7, 11) is 0. The molecule has 1 saturated carbocycles. The summed E-state index contributed by atoms with van der Waals surface area (Å²) in [6.45, 7) is 1.84. The molecule has 1 aromatic rings. The first-order valence-electron chi connectivity index (χ1n) is 6.56. The molecular weight excluding hydrogens is 233 g/mol. The van der Waals surface area contributed by atoms with Gasteiger partial charge in [-0.2, -0.15) is 0 Å². The highest BCUT2D eigenvalue weighted by Gasteiger charge is 2.14. The molecule has 2 N–H and O–H groups in total. The third kappa shape index (κ3) is 3.68. The van der Waals surface area contributed by atoms with Gasteiger partial charge in [-0.1, -0.05) is 25.0 Å². The zero-order valence-electron chi connectivity index (χ0n) is 10.5. The minimum absolute atomic E-state index is 0.262. The second kappa shape index (κ2) is 6.71. The second-order valence-electron chi connectivity index (χ2n) is 4.70. The van der Waals surface area contributed by atoms with Crippen molar-refractivity contribution in [1.29, 1.82) is 0 Å². The van der Waals surface area contributed by atoms with Crippen LogP contribution < -0.4 is 5.32 Å². The van der Waals surface area contributed by atoms with Crippen LogP contribution in [-0.4, -0.2) is 24.4 Å². The number of phenolic OH excluding ortho intramolecular Hbond substituents is 1. The van der Waals surface area contributed by atoms with Gasteiger partial charge in [-0.3, -0.25) is 0 Å². The van der Waals surface area contributed by atoms with Crippen molar-refractivity contribution in [3.05, 3.63) is 29.6 Å². The lowest BCUT2D eigenvalue weighted by Gasteiger charge is -2.12. The summed E-state index contributed by atoms with van der Waals surface area (Å²) in [6, 6.07) is 4.56. The number of hydrogen-bond donors (Lipinski definition) is 2. The van der Waals surface area contributed by atoms with Crippen LogP contribution in [0.25, 0.3) is 0 Å². The van der Waals surface area contributed by atoms with Gasteiger partial charge in [0.25, 0.3) is 0 Å². The molecular formula is C14H20FNO2. The number of halogens is 1. The maximum Gasteiger partial charge on any atom is 0.165 e. The summed E-state index contributed by atoms with van der Waals surface area (Å²) in [5.41, 5.74) is 0.580. The van der Waals surface area contributed by atoms with Crippen LogP contribution in [0.15, 0.2) is 18.2 Å². The molecule has 4 heteroatoms. The fraction of sp³-hybridized carbons (Fsp3) is 0.571. The van der Waals surface area contributed by atoms with E-state index in [0.29, 0.717) is 31.4 Å². The van der Waals surface area contributed by atoms with Crippen LogP contribution in [0.2, 0.25) is 0 Å². The highest BCUT2D eigenvalue weighted by molar-refractivity contribution is 5.33. The molecule has 0 radical (unpaired) electrons. The van der Waals surface area contributed by atoms with Gasteiger partial charge in [0.05, 0.1) is 12.7 Å². The molecule has 0 atom stereocenters. The topological polar surface area (TPSA) is 41.5 Å². The summed E-state index contributed by atoms with van der Waals surface area (Å²) in [4.78, 5) is 0. The van der Waals surface area contributed by atoms with Gasteiger partial charge in [0.15, 0.2) is 11.6 Å². The number of nitrogens with one attached hydrogen (secondary N) is 1.